The van der Waals surface area contributed by atoms with Crippen LogP contribution in [0.15, 0.2) is 99.2 Å². The number of rotatable bonds is 7. The molecule has 0 spiro atoms. The zero-order chi connectivity index (χ0) is 32.0. The topological polar surface area (TPSA) is 194 Å². The van der Waals surface area contributed by atoms with Crippen LogP contribution in [0.1, 0.15) is 30.7 Å². The Bertz CT molecular complexity index is 2040. The summed E-state index contributed by atoms with van der Waals surface area (Å²) in [6, 6.07) is 15.9. The Balaban J connectivity index is 1.78. The van der Waals surface area contributed by atoms with Crippen molar-refractivity contribution >= 4 is 60.4 Å². The van der Waals surface area contributed by atoms with Crippen molar-refractivity contribution in [2.45, 2.75) is 35.0 Å². The Kier molecular flexibility index (Phi) is 8.27. The van der Waals surface area contributed by atoms with Gasteiger partial charge in [-0.05, 0) is 66.9 Å². The fourth-order valence-electron chi connectivity index (χ4n) is 5.21. The van der Waals surface area contributed by atoms with Crippen molar-refractivity contribution in [1.29, 1.82) is 5.26 Å². The number of benzene rings is 3. The third kappa shape index (κ3) is 5.80. The number of hydrogen-bond acceptors (Lipinski definition) is 9. The van der Waals surface area contributed by atoms with Gasteiger partial charge in [0.1, 0.15) is 5.82 Å². The molecule has 0 saturated heterocycles. The maximum Gasteiger partial charge on any atom is 0.269 e. The summed E-state index contributed by atoms with van der Waals surface area (Å²) in [7, 11) is -8.57. The summed E-state index contributed by atoms with van der Waals surface area (Å²) >= 11 is 12.7. The van der Waals surface area contributed by atoms with Gasteiger partial charge >= 0.3 is 0 Å². The minimum absolute atomic E-state index is 0.143. The molecule has 2 aliphatic rings. The summed E-state index contributed by atoms with van der Waals surface area (Å²) in [5, 5.41) is 27.4. The second-order valence-corrected chi connectivity index (χ2v) is 13.9. The summed E-state index contributed by atoms with van der Waals surface area (Å²) in [4.78, 5) is 24.8. The first-order valence-corrected chi connectivity index (χ1v) is 16.6. The van der Waals surface area contributed by atoms with Crippen LogP contribution >= 0.6 is 23.2 Å². The van der Waals surface area contributed by atoms with E-state index in [1.807, 2.05) is 0 Å². The molecule has 5 rings (SSSR count). The summed E-state index contributed by atoms with van der Waals surface area (Å²) in [6.45, 7) is 0. The first-order chi connectivity index (χ1) is 20.7. The van der Waals surface area contributed by atoms with Crippen molar-refractivity contribution < 1.29 is 26.6 Å². The van der Waals surface area contributed by atoms with Crippen LogP contribution in [0.25, 0.3) is 0 Å². The number of carbonyl (C=O) groups excluding carboxylic acids is 1. The second-order valence-electron chi connectivity index (χ2n) is 9.84. The minimum Gasteiger partial charge on any atom is -0.299 e. The fourth-order valence-corrected chi connectivity index (χ4v) is 7.31. The lowest BCUT2D eigenvalue weighted by atomic mass is 9.75. The predicted octanol–water partition coefficient (Wildman–Crippen LogP) is 4.87. The quantitative estimate of drug-likeness (QED) is 0.260. The van der Waals surface area contributed by atoms with Crippen LogP contribution in [0.3, 0.4) is 0 Å². The van der Waals surface area contributed by atoms with Crippen LogP contribution in [0, 0.1) is 21.4 Å². The molecule has 0 amide bonds. The SMILES string of the molecule is N#CC1=C(NS(=O)(=O)c2ccc([N+](=O)[O-])cc2)N(c2ccc(S(N)(=O)=O)cc2)C2=C(C(=O)CCC2)C1c1ccc(Cl)cc1Cl. The van der Waals surface area contributed by atoms with Gasteiger partial charge in [-0.1, -0.05) is 29.3 Å². The molecule has 1 aliphatic heterocycles. The van der Waals surface area contributed by atoms with Crippen molar-refractivity contribution in [3.8, 4) is 6.07 Å². The molecule has 226 valence electrons. The molecule has 16 heteroatoms. The third-order valence-electron chi connectivity index (χ3n) is 7.16. The molecule has 3 aromatic carbocycles. The van der Waals surface area contributed by atoms with Gasteiger partial charge in [-0.15, -0.1) is 0 Å². The van der Waals surface area contributed by atoms with Crippen LogP contribution in [-0.4, -0.2) is 27.5 Å². The normalized spacial score (nSPS) is 17.3. The van der Waals surface area contributed by atoms with E-state index in [0.717, 1.165) is 24.3 Å². The molecule has 0 fully saturated rings. The average Bonchev–Trinajstić information content (AvgIpc) is 2.96. The van der Waals surface area contributed by atoms with Crippen molar-refractivity contribution in [2.75, 3.05) is 4.90 Å². The molecule has 44 heavy (non-hydrogen) atoms. The Morgan fingerprint density at radius 1 is 0.977 bits per heavy atom. The fraction of sp³-hybridized carbons (Fsp3) is 0.143. The molecular formula is C28H21Cl2N5O7S2. The Morgan fingerprint density at radius 2 is 1.61 bits per heavy atom. The number of nitrogens with zero attached hydrogens (tertiary/aromatic N) is 3. The molecule has 3 N–H and O–H groups in total. The van der Waals surface area contributed by atoms with Gasteiger partial charge in [0.2, 0.25) is 10.0 Å². The van der Waals surface area contributed by atoms with E-state index in [4.69, 9.17) is 28.3 Å². The number of nitrogens with two attached hydrogens (primary N) is 1. The molecular weight excluding hydrogens is 653 g/mol. The van der Waals surface area contributed by atoms with E-state index in [9.17, 15) is 37.0 Å². The number of nitro benzene ring substituents is 1. The van der Waals surface area contributed by atoms with Gasteiger partial charge < -0.3 is 0 Å². The van der Waals surface area contributed by atoms with E-state index in [-0.39, 0.29) is 55.4 Å². The highest BCUT2D eigenvalue weighted by Gasteiger charge is 2.43. The number of Topliss-reactive ketones (excluding diaryl/α,β-unsaturated/α-hetero) is 1. The van der Waals surface area contributed by atoms with Crippen LogP contribution < -0.4 is 14.8 Å². The summed E-state index contributed by atoms with van der Waals surface area (Å²) in [5.74, 6) is -1.60. The Morgan fingerprint density at radius 3 is 2.18 bits per heavy atom. The van der Waals surface area contributed by atoms with Crippen LogP contribution in [0.2, 0.25) is 10.0 Å². The number of non-ortho nitro benzene ring substituents is 1. The molecule has 0 aromatic heterocycles. The highest BCUT2D eigenvalue weighted by Crippen LogP contribution is 2.48. The smallest absolute Gasteiger partial charge is 0.269 e. The number of nitrogens with one attached hydrogen (secondary N) is 1. The average molecular weight is 675 g/mol. The highest BCUT2D eigenvalue weighted by molar-refractivity contribution is 7.89. The Labute approximate surface area is 262 Å². The number of ketones is 1. The first kappa shape index (κ1) is 31.2. The van der Waals surface area contributed by atoms with Crippen LogP contribution in [0.5, 0.6) is 0 Å². The maximum absolute atomic E-state index is 13.7. The number of primary sulfonamides is 1. The molecule has 1 unspecified atom stereocenters. The zero-order valence-corrected chi connectivity index (χ0v) is 25.5. The van der Waals surface area contributed by atoms with Crippen molar-refractivity contribution in [2.24, 2.45) is 5.14 Å². The van der Waals surface area contributed by atoms with Gasteiger partial charge in [-0.3, -0.25) is 24.5 Å². The number of allylic oxidation sites excluding steroid dienone is 3. The second kappa shape index (κ2) is 11.7. The van der Waals surface area contributed by atoms with E-state index in [1.165, 1.54) is 41.3 Å². The number of anilines is 1. The van der Waals surface area contributed by atoms with Crippen molar-refractivity contribution in [1.82, 2.24) is 4.72 Å². The molecule has 0 radical (unpaired) electrons. The minimum atomic E-state index is -4.49. The van der Waals surface area contributed by atoms with Gasteiger partial charge in [-0.2, -0.15) is 5.26 Å². The predicted molar refractivity (Wildman–Crippen MR) is 161 cm³/mol. The highest BCUT2D eigenvalue weighted by atomic mass is 35.5. The van der Waals surface area contributed by atoms with E-state index in [2.05, 4.69) is 10.8 Å². The molecule has 3 aromatic rings. The molecule has 0 bridgehead atoms. The number of sulfonamides is 2. The van der Waals surface area contributed by atoms with Gasteiger partial charge in [0.05, 0.1) is 32.3 Å². The summed E-state index contributed by atoms with van der Waals surface area (Å²) < 4.78 is 53.7. The monoisotopic (exact) mass is 673 g/mol. The molecule has 0 saturated carbocycles. The van der Waals surface area contributed by atoms with Crippen LogP contribution in [-0.2, 0) is 24.8 Å². The van der Waals surface area contributed by atoms with Crippen LogP contribution in [0.4, 0.5) is 11.4 Å². The molecule has 12 nitrogen and oxygen atoms in total. The van der Waals surface area contributed by atoms with E-state index < -0.39 is 30.9 Å². The number of nitriles is 1. The van der Waals surface area contributed by atoms with Crippen molar-refractivity contribution in [3.05, 3.63) is 115 Å². The standard InChI is InChI=1S/C28H21Cl2N5O7S2/c29-16-4-13-21(23(30)14-16)26-22(15-31)28(33-44(41,42)20-11-7-18(8-12-20)35(37)38)34(24-2-1-3-25(36)27(24)26)17-5-9-19(10-6-17)43(32,39)40/h4-14,26,33H,1-3H2,(H2,32,39,40). The van der Waals surface area contributed by atoms with E-state index >= 15 is 0 Å². The molecule has 1 heterocycles. The largest absolute Gasteiger partial charge is 0.299 e. The first-order valence-electron chi connectivity index (χ1n) is 12.8. The number of carbonyl (C=O) groups is 1. The van der Waals surface area contributed by atoms with Gasteiger partial charge in [0.25, 0.3) is 15.7 Å². The lowest BCUT2D eigenvalue weighted by molar-refractivity contribution is -0.384. The van der Waals surface area contributed by atoms with Gasteiger partial charge in [0, 0.05) is 45.6 Å². The van der Waals surface area contributed by atoms with Gasteiger partial charge in [-0.25, -0.2) is 22.0 Å². The van der Waals surface area contributed by atoms with E-state index in [0.29, 0.717) is 29.1 Å². The van der Waals surface area contributed by atoms with E-state index in [1.54, 1.807) is 6.07 Å². The number of halogens is 2. The molecule has 1 aliphatic carbocycles. The summed E-state index contributed by atoms with van der Waals surface area (Å²) in [6.07, 6.45) is 0.872. The molecule has 1 atom stereocenters. The lowest BCUT2D eigenvalue weighted by Gasteiger charge is -2.41. The summed E-state index contributed by atoms with van der Waals surface area (Å²) in [5.41, 5.74) is 0.667. The zero-order valence-electron chi connectivity index (χ0n) is 22.4. The van der Waals surface area contributed by atoms with Crippen molar-refractivity contribution in [3.63, 3.8) is 0 Å². The Hall–Kier alpha value is -4.26. The third-order valence-corrected chi connectivity index (χ3v) is 10.0. The maximum atomic E-state index is 13.7. The number of hydrogen-bond donors (Lipinski definition) is 2. The lowest BCUT2D eigenvalue weighted by Crippen LogP contribution is -2.42. The number of nitro groups is 1. The van der Waals surface area contributed by atoms with Gasteiger partial charge in [0.15, 0.2) is 5.78 Å².